The van der Waals surface area contributed by atoms with E-state index < -0.39 is 0 Å². The van der Waals surface area contributed by atoms with E-state index in [1.807, 2.05) is 30.3 Å². The summed E-state index contributed by atoms with van der Waals surface area (Å²) in [6.07, 6.45) is 5.35. The van der Waals surface area contributed by atoms with Crippen LogP contribution in [0.15, 0.2) is 46.0 Å². The molecule has 25 heavy (non-hydrogen) atoms. The molecule has 0 bridgehead atoms. The highest BCUT2D eigenvalue weighted by molar-refractivity contribution is 14.0. The van der Waals surface area contributed by atoms with Crippen LogP contribution < -0.4 is 10.6 Å². The standard InChI is InChI=1S/C19H28N4O.HI/c1-15(2)9-7-8-12-21-19(20-3)22-13-17-14-24-18(23-17)16-10-5-4-6-11-16;/h4-6,10-11,14-15H,7-9,12-13H2,1-3H3,(H2,20,21,22);1H. The Hall–Kier alpha value is -1.57. The van der Waals surface area contributed by atoms with Crippen LogP contribution in [0, 0.1) is 5.92 Å². The van der Waals surface area contributed by atoms with Crippen LogP contribution in [0.3, 0.4) is 0 Å². The topological polar surface area (TPSA) is 62.5 Å². The first-order valence-electron chi connectivity index (χ1n) is 8.63. The highest BCUT2D eigenvalue weighted by Gasteiger charge is 2.06. The third-order valence-electron chi connectivity index (χ3n) is 3.73. The van der Waals surface area contributed by atoms with Gasteiger partial charge in [-0.3, -0.25) is 4.99 Å². The number of aromatic nitrogens is 1. The summed E-state index contributed by atoms with van der Waals surface area (Å²) in [4.78, 5) is 8.74. The summed E-state index contributed by atoms with van der Waals surface area (Å²) < 4.78 is 5.54. The molecule has 0 atom stereocenters. The first-order valence-corrected chi connectivity index (χ1v) is 8.63. The molecule has 2 aromatic rings. The van der Waals surface area contributed by atoms with Gasteiger partial charge in [0.2, 0.25) is 5.89 Å². The number of guanidine groups is 1. The molecule has 0 aliphatic carbocycles. The van der Waals surface area contributed by atoms with Crippen molar-refractivity contribution in [2.45, 2.75) is 39.7 Å². The maximum Gasteiger partial charge on any atom is 0.226 e. The first-order chi connectivity index (χ1) is 11.7. The number of hydrogen-bond acceptors (Lipinski definition) is 3. The molecule has 1 aromatic heterocycles. The molecule has 5 nitrogen and oxygen atoms in total. The predicted octanol–water partition coefficient (Wildman–Crippen LogP) is 4.45. The molecule has 0 amide bonds. The number of aliphatic imine (C=N–C) groups is 1. The number of oxazole rings is 1. The van der Waals surface area contributed by atoms with E-state index >= 15 is 0 Å². The molecule has 2 rings (SSSR count). The largest absolute Gasteiger partial charge is 0.444 e. The Morgan fingerprint density at radius 3 is 2.60 bits per heavy atom. The van der Waals surface area contributed by atoms with Gasteiger partial charge in [0, 0.05) is 19.2 Å². The highest BCUT2D eigenvalue weighted by Crippen LogP contribution is 2.17. The summed E-state index contributed by atoms with van der Waals surface area (Å²) in [6.45, 7) is 6.04. The van der Waals surface area contributed by atoms with E-state index in [1.165, 1.54) is 12.8 Å². The minimum absolute atomic E-state index is 0. The van der Waals surface area contributed by atoms with Gasteiger partial charge >= 0.3 is 0 Å². The van der Waals surface area contributed by atoms with Crippen molar-refractivity contribution >= 4 is 29.9 Å². The summed E-state index contributed by atoms with van der Waals surface area (Å²) in [6, 6.07) is 9.90. The second kappa shape index (κ2) is 11.9. The summed E-state index contributed by atoms with van der Waals surface area (Å²) >= 11 is 0. The number of halogens is 1. The number of hydrogen-bond donors (Lipinski definition) is 2. The van der Waals surface area contributed by atoms with E-state index in [2.05, 4.69) is 34.5 Å². The van der Waals surface area contributed by atoms with Crippen molar-refractivity contribution in [3.05, 3.63) is 42.3 Å². The molecule has 0 radical (unpaired) electrons. The maximum atomic E-state index is 5.54. The van der Waals surface area contributed by atoms with Crippen molar-refractivity contribution in [3.63, 3.8) is 0 Å². The Morgan fingerprint density at radius 2 is 1.92 bits per heavy atom. The third-order valence-corrected chi connectivity index (χ3v) is 3.73. The Kier molecular flexibility index (Phi) is 10.2. The van der Waals surface area contributed by atoms with E-state index in [0.29, 0.717) is 12.4 Å². The average Bonchev–Trinajstić information content (AvgIpc) is 3.07. The Morgan fingerprint density at radius 1 is 1.16 bits per heavy atom. The number of nitrogens with one attached hydrogen (secondary N) is 2. The fraction of sp³-hybridized carbons (Fsp3) is 0.474. The van der Waals surface area contributed by atoms with Gasteiger partial charge in [-0.25, -0.2) is 4.98 Å². The van der Waals surface area contributed by atoms with Crippen LogP contribution >= 0.6 is 24.0 Å². The smallest absolute Gasteiger partial charge is 0.226 e. The quantitative estimate of drug-likeness (QED) is 0.267. The Balaban J connectivity index is 0.00000312. The zero-order valence-electron chi connectivity index (χ0n) is 15.3. The highest BCUT2D eigenvalue weighted by atomic mass is 127. The minimum Gasteiger partial charge on any atom is -0.444 e. The molecular weight excluding hydrogens is 427 g/mol. The SMILES string of the molecule is CN=C(NCCCCC(C)C)NCc1coc(-c2ccccc2)n1.I. The van der Waals surface area contributed by atoms with Gasteiger partial charge < -0.3 is 15.1 Å². The maximum absolute atomic E-state index is 5.54. The van der Waals surface area contributed by atoms with Gasteiger partial charge in [-0.05, 0) is 24.5 Å². The van der Waals surface area contributed by atoms with Crippen molar-refractivity contribution in [3.8, 4) is 11.5 Å². The van der Waals surface area contributed by atoms with Crippen LogP contribution in [0.4, 0.5) is 0 Å². The normalized spacial score (nSPS) is 11.3. The van der Waals surface area contributed by atoms with Gasteiger partial charge in [0.1, 0.15) is 6.26 Å². The van der Waals surface area contributed by atoms with Crippen molar-refractivity contribution in [2.75, 3.05) is 13.6 Å². The summed E-state index contributed by atoms with van der Waals surface area (Å²) in [7, 11) is 1.78. The fourth-order valence-electron chi connectivity index (χ4n) is 2.38. The Bertz CT molecular complexity index is 625. The van der Waals surface area contributed by atoms with E-state index in [0.717, 1.165) is 36.1 Å². The van der Waals surface area contributed by atoms with Crippen molar-refractivity contribution < 1.29 is 4.42 Å². The molecule has 0 aliphatic heterocycles. The summed E-state index contributed by atoms with van der Waals surface area (Å²) in [5.41, 5.74) is 1.84. The summed E-state index contributed by atoms with van der Waals surface area (Å²) in [5.74, 6) is 2.21. The van der Waals surface area contributed by atoms with Gasteiger partial charge in [-0.15, -0.1) is 24.0 Å². The van der Waals surface area contributed by atoms with Crippen molar-refractivity contribution in [1.82, 2.24) is 15.6 Å². The molecule has 138 valence electrons. The third kappa shape index (κ3) is 7.90. The molecule has 0 fully saturated rings. The molecule has 0 aliphatic rings. The van der Waals surface area contributed by atoms with Crippen LogP contribution in [0.5, 0.6) is 0 Å². The molecule has 0 saturated heterocycles. The number of nitrogens with zero attached hydrogens (tertiary/aromatic N) is 2. The number of unbranched alkanes of at least 4 members (excludes halogenated alkanes) is 1. The molecule has 0 unspecified atom stereocenters. The predicted molar refractivity (Wildman–Crippen MR) is 114 cm³/mol. The van der Waals surface area contributed by atoms with E-state index in [9.17, 15) is 0 Å². The molecular formula is C19H29IN4O. The average molecular weight is 456 g/mol. The zero-order chi connectivity index (χ0) is 17.2. The van der Waals surface area contributed by atoms with E-state index in [-0.39, 0.29) is 24.0 Å². The number of benzene rings is 1. The Labute approximate surface area is 167 Å². The first kappa shape index (κ1) is 21.5. The lowest BCUT2D eigenvalue weighted by atomic mass is 10.1. The van der Waals surface area contributed by atoms with E-state index in [4.69, 9.17) is 4.42 Å². The van der Waals surface area contributed by atoms with Crippen LogP contribution in [0.25, 0.3) is 11.5 Å². The lowest BCUT2D eigenvalue weighted by molar-refractivity contribution is 0.534. The molecule has 2 N–H and O–H groups in total. The van der Waals surface area contributed by atoms with E-state index in [1.54, 1.807) is 13.3 Å². The van der Waals surface area contributed by atoms with Crippen LogP contribution in [-0.4, -0.2) is 24.5 Å². The lowest BCUT2D eigenvalue weighted by Crippen LogP contribution is -2.37. The van der Waals surface area contributed by atoms with Gasteiger partial charge in [-0.2, -0.15) is 0 Å². The minimum atomic E-state index is 0. The van der Waals surface area contributed by atoms with Crippen LogP contribution in [-0.2, 0) is 6.54 Å². The molecule has 0 spiro atoms. The number of rotatable bonds is 8. The molecule has 0 saturated carbocycles. The van der Waals surface area contributed by atoms with Crippen molar-refractivity contribution in [1.29, 1.82) is 0 Å². The summed E-state index contributed by atoms with van der Waals surface area (Å²) in [5, 5.41) is 6.60. The molecule has 1 heterocycles. The monoisotopic (exact) mass is 456 g/mol. The van der Waals surface area contributed by atoms with Crippen LogP contribution in [0.1, 0.15) is 38.8 Å². The van der Waals surface area contributed by atoms with Gasteiger partial charge in [-0.1, -0.05) is 44.9 Å². The molecule has 6 heteroatoms. The van der Waals surface area contributed by atoms with Gasteiger partial charge in [0.05, 0.1) is 12.2 Å². The van der Waals surface area contributed by atoms with Crippen molar-refractivity contribution in [2.24, 2.45) is 10.9 Å². The van der Waals surface area contributed by atoms with Crippen LogP contribution in [0.2, 0.25) is 0 Å². The van der Waals surface area contributed by atoms with Gasteiger partial charge in [0.25, 0.3) is 0 Å². The zero-order valence-corrected chi connectivity index (χ0v) is 17.6. The fourth-order valence-corrected chi connectivity index (χ4v) is 2.38. The lowest BCUT2D eigenvalue weighted by Gasteiger charge is -2.11. The second-order valence-electron chi connectivity index (χ2n) is 6.25. The molecule has 1 aromatic carbocycles. The second-order valence-corrected chi connectivity index (χ2v) is 6.25. The van der Waals surface area contributed by atoms with Gasteiger partial charge in [0.15, 0.2) is 5.96 Å².